The summed E-state index contributed by atoms with van der Waals surface area (Å²) in [6, 6.07) is 0. The van der Waals surface area contributed by atoms with Crippen LogP contribution in [0.4, 0.5) is 0 Å². The second-order valence-electron chi connectivity index (χ2n) is 8.04. The molecule has 0 spiro atoms. The summed E-state index contributed by atoms with van der Waals surface area (Å²) in [4.78, 5) is 0. The first-order valence-corrected chi connectivity index (χ1v) is 10.3. The van der Waals surface area contributed by atoms with Crippen LogP contribution in [0.1, 0.15) is 61.3 Å². The second-order valence-corrected chi connectivity index (χ2v) is 8.04. The van der Waals surface area contributed by atoms with Crippen molar-refractivity contribution in [3.05, 3.63) is 12.3 Å². The van der Waals surface area contributed by atoms with E-state index in [1.54, 1.807) is 12.3 Å². The largest absolute Gasteiger partial charge is 0.470 e. The molecule has 2 aliphatic heterocycles. The molecule has 0 aliphatic carbocycles. The molecule has 5 nitrogen and oxygen atoms in total. The van der Waals surface area contributed by atoms with E-state index in [-0.39, 0.29) is 30.5 Å². The fraction of sp³-hybridized carbons (Fsp3) is 0.905. The quantitative estimate of drug-likeness (QED) is 0.714. The van der Waals surface area contributed by atoms with Crippen LogP contribution in [-0.4, -0.2) is 42.1 Å². The standard InChI is InChI=1S/C21H38O5/c1-8-11-23-21-18(22)15(7)19(17(10-3)25-21)26-20-14(6)12(4)13(5)16(9-2)24-20/h8,11-22H,9-10H2,1-7H3/b11-8+/t12-,13-,14?,15+,16?,17?,18?,19-,20-,21+/m0/s1. The molecule has 2 rings (SSSR count). The Morgan fingerprint density at radius 1 is 0.846 bits per heavy atom. The van der Waals surface area contributed by atoms with Gasteiger partial charge in [0.1, 0.15) is 6.10 Å². The molecule has 2 aliphatic rings. The van der Waals surface area contributed by atoms with Crippen LogP contribution in [0.5, 0.6) is 0 Å². The summed E-state index contributed by atoms with van der Waals surface area (Å²) >= 11 is 0. The number of hydrogen-bond donors (Lipinski definition) is 1. The van der Waals surface area contributed by atoms with Gasteiger partial charge in [-0.1, -0.05) is 47.6 Å². The van der Waals surface area contributed by atoms with Crippen molar-refractivity contribution in [1.82, 2.24) is 0 Å². The van der Waals surface area contributed by atoms with Gasteiger partial charge in [-0.05, 0) is 31.6 Å². The van der Waals surface area contributed by atoms with Crippen molar-refractivity contribution in [3.63, 3.8) is 0 Å². The second kappa shape index (κ2) is 9.54. The lowest BCUT2D eigenvalue weighted by Crippen LogP contribution is -2.57. The predicted molar refractivity (Wildman–Crippen MR) is 101 cm³/mol. The molecule has 0 amide bonds. The van der Waals surface area contributed by atoms with Crippen molar-refractivity contribution in [2.75, 3.05) is 0 Å². The summed E-state index contributed by atoms with van der Waals surface area (Å²) in [5, 5.41) is 10.6. The maximum Gasteiger partial charge on any atom is 0.225 e. The van der Waals surface area contributed by atoms with E-state index in [9.17, 15) is 5.11 Å². The smallest absolute Gasteiger partial charge is 0.225 e. The van der Waals surface area contributed by atoms with Crippen molar-refractivity contribution in [2.45, 2.75) is 98.3 Å². The SMILES string of the molecule is C/C=C/O[C@@H]1OC(CC)[C@@H](O[C@@H]2OC(CC)[C@@H](C)[C@H](C)C2C)[C@H](C)C1O. The van der Waals surface area contributed by atoms with Crippen LogP contribution in [0.15, 0.2) is 12.3 Å². The molecule has 2 saturated heterocycles. The fourth-order valence-corrected chi connectivity index (χ4v) is 4.18. The third-order valence-electron chi connectivity index (χ3n) is 6.44. The van der Waals surface area contributed by atoms with Crippen molar-refractivity contribution in [2.24, 2.45) is 23.7 Å². The molecule has 0 aromatic heterocycles. The molecule has 0 bridgehead atoms. The molecule has 0 aromatic rings. The molecule has 2 fully saturated rings. The van der Waals surface area contributed by atoms with E-state index in [0.29, 0.717) is 17.8 Å². The fourth-order valence-electron chi connectivity index (χ4n) is 4.18. The Bertz CT molecular complexity index is 450. The Morgan fingerprint density at radius 2 is 1.46 bits per heavy atom. The average molecular weight is 371 g/mol. The molecule has 0 radical (unpaired) electrons. The third kappa shape index (κ3) is 4.44. The molecule has 0 aromatic carbocycles. The van der Waals surface area contributed by atoms with Gasteiger partial charge in [-0.25, -0.2) is 0 Å². The Morgan fingerprint density at radius 3 is 2.04 bits per heavy atom. The van der Waals surface area contributed by atoms with E-state index in [4.69, 9.17) is 18.9 Å². The lowest BCUT2D eigenvalue weighted by atomic mass is 9.78. The molecule has 5 heteroatoms. The normalized spacial score (nSPS) is 47.2. The highest BCUT2D eigenvalue weighted by atomic mass is 16.7. The van der Waals surface area contributed by atoms with Crippen LogP contribution >= 0.6 is 0 Å². The van der Waals surface area contributed by atoms with Crippen LogP contribution in [0.3, 0.4) is 0 Å². The van der Waals surface area contributed by atoms with Gasteiger partial charge in [0.05, 0.1) is 24.6 Å². The van der Waals surface area contributed by atoms with E-state index in [1.165, 1.54) is 0 Å². The van der Waals surface area contributed by atoms with Gasteiger partial charge >= 0.3 is 0 Å². The summed E-state index contributed by atoms with van der Waals surface area (Å²) in [6.07, 6.45) is 3.33. The number of allylic oxidation sites excluding steroid dienone is 1. The first-order valence-electron chi connectivity index (χ1n) is 10.3. The number of ether oxygens (including phenoxy) is 4. The summed E-state index contributed by atoms with van der Waals surface area (Å²) in [6.45, 7) is 14.9. The van der Waals surface area contributed by atoms with Gasteiger partial charge < -0.3 is 24.1 Å². The first-order chi connectivity index (χ1) is 12.3. The van der Waals surface area contributed by atoms with E-state index < -0.39 is 12.4 Å². The van der Waals surface area contributed by atoms with Gasteiger partial charge in [0.25, 0.3) is 0 Å². The molecule has 0 saturated carbocycles. The molecule has 4 unspecified atom stereocenters. The first kappa shape index (κ1) is 21.7. The maximum atomic E-state index is 10.6. The Kier molecular flexibility index (Phi) is 7.95. The highest BCUT2D eigenvalue weighted by Crippen LogP contribution is 2.39. The average Bonchev–Trinajstić information content (AvgIpc) is 2.64. The minimum atomic E-state index is -0.740. The van der Waals surface area contributed by atoms with Crippen LogP contribution in [-0.2, 0) is 18.9 Å². The number of rotatable bonds is 6. The molecular formula is C21H38O5. The molecule has 26 heavy (non-hydrogen) atoms. The van der Waals surface area contributed by atoms with Gasteiger partial charge in [-0.3, -0.25) is 0 Å². The minimum absolute atomic E-state index is 0.102. The Hall–Kier alpha value is -0.620. The highest BCUT2D eigenvalue weighted by molar-refractivity contribution is 4.90. The zero-order valence-corrected chi connectivity index (χ0v) is 17.4. The van der Waals surface area contributed by atoms with E-state index in [1.807, 2.05) is 13.8 Å². The molecule has 2 heterocycles. The molecule has 10 atom stereocenters. The van der Waals surface area contributed by atoms with Crippen molar-refractivity contribution in [1.29, 1.82) is 0 Å². The number of aliphatic hydroxyl groups excluding tert-OH is 1. The van der Waals surface area contributed by atoms with Gasteiger partial charge in [-0.2, -0.15) is 0 Å². The molecule has 152 valence electrons. The van der Waals surface area contributed by atoms with E-state index in [2.05, 4.69) is 34.6 Å². The number of hydrogen-bond acceptors (Lipinski definition) is 5. The van der Waals surface area contributed by atoms with Crippen molar-refractivity contribution in [3.8, 4) is 0 Å². The zero-order valence-electron chi connectivity index (χ0n) is 17.4. The van der Waals surface area contributed by atoms with Gasteiger partial charge in [0.2, 0.25) is 6.29 Å². The third-order valence-corrected chi connectivity index (χ3v) is 6.44. The Labute approximate surface area is 159 Å². The summed E-state index contributed by atoms with van der Waals surface area (Å²) in [5.41, 5.74) is 0. The van der Waals surface area contributed by atoms with Crippen LogP contribution in [0, 0.1) is 23.7 Å². The summed E-state index contributed by atoms with van der Waals surface area (Å²) < 4.78 is 24.3. The molecule has 1 N–H and O–H groups in total. The van der Waals surface area contributed by atoms with Crippen molar-refractivity contribution < 1.29 is 24.1 Å². The Balaban J connectivity index is 2.11. The van der Waals surface area contributed by atoms with Gasteiger partial charge in [-0.15, -0.1) is 0 Å². The van der Waals surface area contributed by atoms with Gasteiger partial charge in [0.15, 0.2) is 6.29 Å². The van der Waals surface area contributed by atoms with E-state index >= 15 is 0 Å². The molecular weight excluding hydrogens is 332 g/mol. The van der Waals surface area contributed by atoms with Gasteiger partial charge in [0, 0.05) is 11.8 Å². The van der Waals surface area contributed by atoms with Crippen LogP contribution in [0.25, 0.3) is 0 Å². The topological polar surface area (TPSA) is 57.2 Å². The van der Waals surface area contributed by atoms with Crippen molar-refractivity contribution >= 4 is 0 Å². The maximum absolute atomic E-state index is 10.6. The van der Waals surface area contributed by atoms with Crippen LogP contribution in [0.2, 0.25) is 0 Å². The predicted octanol–water partition coefficient (Wildman–Crippen LogP) is 4.10. The number of aliphatic hydroxyl groups is 1. The summed E-state index contributed by atoms with van der Waals surface area (Å²) in [7, 11) is 0. The van der Waals surface area contributed by atoms with Crippen LogP contribution < -0.4 is 0 Å². The summed E-state index contributed by atoms with van der Waals surface area (Å²) in [5.74, 6) is 1.23. The van der Waals surface area contributed by atoms with E-state index in [0.717, 1.165) is 12.8 Å². The monoisotopic (exact) mass is 370 g/mol. The minimum Gasteiger partial charge on any atom is -0.470 e. The highest BCUT2D eigenvalue weighted by Gasteiger charge is 2.47. The lowest BCUT2D eigenvalue weighted by Gasteiger charge is -2.48. The zero-order chi connectivity index (χ0) is 19.4. The lowest BCUT2D eigenvalue weighted by molar-refractivity contribution is -0.326.